The van der Waals surface area contributed by atoms with Crippen LogP contribution < -0.4 is 10.2 Å². The number of carbonyl (C=O) groups excluding carboxylic acids is 1. The summed E-state index contributed by atoms with van der Waals surface area (Å²) in [7, 11) is 0. The Bertz CT molecular complexity index is 1050. The van der Waals surface area contributed by atoms with Crippen molar-refractivity contribution < 1.29 is 18.0 Å². The zero-order chi connectivity index (χ0) is 22.0. The van der Waals surface area contributed by atoms with Gasteiger partial charge in [-0.05, 0) is 53.6 Å². The number of benzene rings is 1. The number of carbonyl (C=O) groups is 1. The first-order valence-electron chi connectivity index (χ1n) is 9.43. The summed E-state index contributed by atoms with van der Waals surface area (Å²) < 4.78 is 39.9. The quantitative estimate of drug-likeness (QED) is 0.652. The summed E-state index contributed by atoms with van der Waals surface area (Å²) in [6.45, 7) is 0.933. The van der Waals surface area contributed by atoms with Gasteiger partial charge in [0.2, 0.25) is 5.91 Å². The Hall–Kier alpha value is -3.21. The van der Waals surface area contributed by atoms with Gasteiger partial charge < -0.3 is 10.2 Å². The molecule has 1 aliphatic rings. The highest BCUT2D eigenvalue weighted by molar-refractivity contribution is 6.33. The summed E-state index contributed by atoms with van der Waals surface area (Å²) in [6, 6.07) is 7.97. The molecule has 1 aromatic carbocycles. The van der Waals surface area contributed by atoms with E-state index < -0.39 is 11.7 Å². The van der Waals surface area contributed by atoms with E-state index in [1.54, 1.807) is 29.2 Å². The number of pyridine rings is 1. The summed E-state index contributed by atoms with van der Waals surface area (Å²) >= 11 is 6.03. The first-order valence-corrected chi connectivity index (χ1v) is 9.81. The number of nitrogens with one attached hydrogen (secondary N) is 1. The molecule has 0 radical (unpaired) electrons. The lowest BCUT2D eigenvalue weighted by atomic mass is 9.95. The number of hydrogen-bond donors (Lipinski definition) is 1. The molecule has 0 unspecified atom stereocenters. The van der Waals surface area contributed by atoms with Crippen LogP contribution in [0.1, 0.15) is 18.4 Å². The standard InChI is InChI=1S/C19H17ClF3N7O/c20-16-9-13(19(21,22)23)10-24-17(16)29-7-5-12(6-8-29)18(31)26-14-1-3-15(4-2-14)30-11-25-27-28-30/h1-4,9-12H,5-8H2,(H,26,31). The molecule has 3 heterocycles. The van der Waals surface area contributed by atoms with Crippen molar-refractivity contribution in [2.24, 2.45) is 5.92 Å². The number of amides is 1. The summed E-state index contributed by atoms with van der Waals surface area (Å²) in [5.41, 5.74) is 0.524. The molecule has 2 aromatic heterocycles. The van der Waals surface area contributed by atoms with Gasteiger partial charge in [0.1, 0.15) is 12.1 Å². The zero-order valence-electron chi connectivity index (χ0n) is 16.1. The van der Waals surface area contributed by atoms with Crippen molar-refractivity contribution in [3.05, 3.63) is 53.4 Å². The first kappa shape index (κ1) is 21.0. The van der Waals surface area contributed by atoms with Crippen LogP contribution in [-0.2, 0) is 11.0 Å². The smallest absolute Gasteiger partial charge is 0.355 e. The highest BCUT2D eigenvalue weighted by Crippen LogP contribution is 2.34. The Morgan fingerprint density at radius 2 is 1.87 bits per heavy atom. The van der Waals surface area contributed by atoms with Gasteiger partial charge in [0.15, 0.2) is 0 Å². The molecule has 31 heavy (non-hydrogen) atoms. The van der Waals surface area contributed by atoms with Crippen molar-refractivity contribution >= 4 is 29.0 Å². The van der Waals surface area contributed by atoms with Crippen LogP contribution in [0.2, 0.25) is 5.02 Å². The Morgan fingerprint density at radius 1 is 1.16 bits per heavy atom. The maximum absolute atomic E-state index is 12.8. The molecule has 1 amide bonds. The molecule has 1 saturated heterocycles. The van der Waals surface area contributed by atoms with Crippen molar-refractivity contribution in [3.63, 3.8) is 0 Å². The fourth-order valence-corrected chi connectivity index (χ4v) is 3.68. The van der Waals surface area contributed by atoms with Crippen molar-refractivity contribution in [2.45, 2.75) is 19.0 Å². The Morgan fingerprint density at radius 3 is 2.45 bits per heavy atom. The largest absolute Gasteiger partial charge is 0.417 e. The van der Waals surface area contributed by atoms with Crippen LogP contribution >= 0.6 is 11.6 Å². The number of hydrogen-bond acceptors (Lipinski definition) is 6. The van der Waals surface area contributed by atoms with Crippen molar-refractivity contribution in [2.75, 3.05) is 23.3 Å². The molecule has 0 spiro atoms. The molecule has 12 heteroatoms. The number of tetrazole rings is 1. The van der Waals surface area contributed by atoms with Crippen LogP contribution in [0.3, 0.4) is 0 Å². The average molecular weight is 452 g/mol. The Kier molecular flexibility index (Phi) is 5.77. The van der Waals surface area contributed by atoms with E-state index in [-0.39, 0.29) is 16.8 Å². The fourth-order valence-electron chi connectivity index (χ4n) is 3.39. The van der Waals surface area contributed by atoms with Crippen molar-refractivity contribution in [1.82, 2.24) is 25.2 Å². The number of halogens is 4. The lowest BCUT2D eigenvalue weighted by molar-refractivity contribution is -0.137. The van der Waals surface area contributed by atoms with E-state index >= 15 is 0 Å². The molecule has 162 valence electrons. The normalized spacial score (nSPS) is 15.2. The van der Waals surface area contributed by atoms with Gasteiger partial charge in [-0.1, -0.05) is 11.6 Å². The van der Waals surface area contributed by atoms with Gasteiger partial charge in [-0.3, -0.25) is 4.79 Å². The number of rotatable bonds is 4. The molecular weight excluding hydrogens is 435 g/mol. The SMILES string of the molecule is O=C(Nc1ccc(-n2cnnn2)cc1)C1CCN(c2ncc(C(F)(F)F)cc2Cl)CC1. The Balaban J connectivity index is 1.34. The Labute approximate surface area is 180 Å². The molecule has 0 bridgehead atoms. The van der Waals surface area contributed by atoms with E-state index in [0.717, 1.165) is 18.0 Å². The van der Waals surface area contributed by atoms with E-state index in [9.17, 15) is 18.0 Å². The van der Waals surface area contributed by atoms with Crippen LogP contribution in [0.15, 0.2) is 42.9 Å². The van der Waals surface area contributed by atoms with Crippen LogP contribution in [0, 0.1) is 5.92 Å². The summed E-state index contributed by atoms with van der Waals surface area (Å²) in [5, 5.41) is 13.8. The molecule has 0 atom stereocenters. The number of nitrogens with zero attached hydrogens (tertiary/aromatic N) is 6. The average Bonchev–Trinajstić information content (AvgIpc) is 3.29. The van der Waals surface area contributed by atoms with Gasteiger partial charge in [-0.25, -0.2) is 9.67 Å². The van der Waals surface area contributed by atoms with Gasteiger partial charge in [0, 0.05) is 30.9 Å². The van der Waals surface area contributed by atoms with Gasteiger partial charge in [0.05, 0.1) is 16.3 Å². The predicted octanol–water partition coefficient (Wildman–Crippen LogP) is 3.58. The summed E-state index contributed by atoms with van der Waals surface area (Å²) in [5.74, 6) is -0.0309. The molecule has 1 aliphatic heterocycles. The molecule has 4 rings (SSSR count). The second-order valence-corrected chi connectivity index (χ2v) is 7.49. The van der Waals surface area contributed by atoms with Crippen LogP contribution in [0.5, 0.6) is 0 Å². The first-order chi connectivity index (χ1) is 14.8. The molecule has 3 aromatic rings. The molecule has 8 nitrogen and oxygen atoms in total. The maximum Gasteiger partial charge on any atom is 0.417 e. The maximum atomic E-state index is 12.8. The number of aromatic nitrogens is 5. The summed E-state index contributed by atoms with van der Waals surface area (Å²) in [4.78, 5) is 18.3. The van der Waals surface area contributed by atoms with Crippen molar-refractivity contribution in [1.29, 1.82) is 0 Å². The van der Waals surface area contributed by atoms with Crippen LogP contribution in [-0.4, -0.2) is 44.2 Å². The minimum absolute atomic E-state index is 0.0552. The third-order valence-corrected chi connectivity index (χ3v) is 5.34. The van der Waals surface area contributed by atoms with E-state index in [1.807, 2.05) is 0 Å². The predicted molar refractivity (Wildman–Crippen MR) is 107 cm³/mol. The second-order valence-electron chi connectivity index (χ2n) is 7.08. The number of alkyl halides is 3. The highest BCUT2D eigenvalue weighted by atomic mass is 35.5. The number of piperidine rings is 1. The zero-order valence-corrected chi connectivity index (χ0v) is 16.8. The second kappa shape index (κ2) is 8.50. The fraction of sp³-hybridized carbons (Fsp3) is 0.316. The van der Waals surface area contributed by atoms with E-state index in [2.05, 4.69) is 25.8 Å². The van der Waals surface area contributed by atoms with Gasteiger partial charge in [-0.2, -0.15) is 13.2 Å². The molecule has 0 saturated carbocycles. The third kappa shape index (κ3) is 4.76. The van der Waals surface area contributed by atoms with Crippen molar-refractivity contribution in [3.8, 4) is 5.69 Å². The lowest BCUT2D eigenvalue weighted by Crippen LogP contribution is -2.38. The molecule has 1 N–H and O–H groups in total. The monoisotopic (exact) mass is 451 g/mol. The van der Waals surface area contributed by atoms with Gasteiger partial charge in [0.25, 0.3) is 0 Å². The molecule has 0 aliphatic carbocycles. The van der Waals surface area contributed by atoms with Crippen LogP contribution in [0.25, 0.3) is 5.69 Å². The molecular formula is C19H17ClF3N7O. The number of anilines is 2. The topological polar surface area (TPSA) is 88.8 Å². The lowest BCUT2D eigenvalue weighted by Gasteiger charge is -2.32. The summed E-state index contributed by atoms with van der Waals surface area (Å²) in [6.07, 6.45) is -1.18. The van der Waals surface area contributed by atoms with E-state index in [4.69, 9.17) is 11.6 Å². The highest BCUT2D eigenvalue weighted by Gasteiger charge is 2.33. The molecule has 1 fully saturated rings. The minimum Gasteiger partial charge on any atom is -0.355 e. The van der Waals surface area contributed by atoms with E-state index in [1.165, 1.54) is 11.0 Å². The van der Waals surface area contributed by atoms with E-state index in [0.29, 0.717) is 37.4 Å². The van der Waals surface area contributed by atoms with Crippen LogP contribution in [0.4, 0.5) is 24.7 Å². The van der Waals surface area contributed by atoms with Gasteiger partial charge >= 0.3 is 6.18 Å². The van der Waals surface area contributed by atoms with Gasteiger partial charge in [-0.15, -0.1) is 5.10 Å². The third-order valence-electron chi connectivity index (χ3n) is 5.06. The minimum atomic E-state index is -4.50.